The van der Waals surface area contributed by atoms with Gasteiger partial charge in [-0.15, -0.1) is 0 Å². The third-order valence-corrected chi connectivity index (χ3v) is 5.34. The van der Waals surface area contributed by atoms with Crippen LogP contribution >= 0.6 is 0 Å². The first-order valence-electron chi connectivity index (χ1n) is 9.71. The summed E-state index contributed by atoms with van der Waals surface area (Å²) in [7, 11) is 0. The Morgan fingerprint density at radius 3 is 2.57 bits per heavy atom. The maximum Gasteiger partial charge on any atom is 0.157 e. The van der Waals surface area contributed by atoms with Gasteiger partial charge in [0, 0.05) is 35.6 Å². The molecule has 5 aromatic rings. The van der Waals surface area contributed by atoms with Crippen LogP contribution in [0.5, 0.6) is 0 Å². The van der Waals surface area contributed by atoms with E-state index < -0.39 is 0 Å². The molecule has 0 unspecified atom stereocenters. The maximum atomic E-state index is 15.8. The first kappa shape index (κ1) is 18.3. The number of fused-ring (bicyclic) bond motifs is 1. The van der Waals surface area contributed by atoms with Crippen LogP contribution in [0.2, 0.25) is 0 Å². The fraction of sp³-hybridized carbons (Fsp3) is 0.0833. The maximum absolute atomic E-state index is 15.8. The molecular weight excluding hydrogens is 377 g/mol. The van der Waals surface area contributed by atoms with E-state index in [1.165, 1.54) is 0 Å². The third-order valence-electron chi connectivity index (χ3n) is 5.34. The SMILES string of the molecule is Cc1nn(-c2cccc(CN)c2)c2c(F)c(-c3ccc(-n4ccnc4)cc3)ccc12. The van der Waals surface area contributed by atoms with Crippen LogP contribution in [0.1, 0.15) is 11.3 Å². The normalized spacial score (nSPS) is 11.3. The Morgan fingerprint density at radius 1 is 1.00 bits per heavy atom. The third kappa shape index (κ3) is 2.98. The molecule has 0 spiro atoms. The number of hydrogen-bond acceptors (Lipinski definition) is 3. The molecule has 0 atom stereocenters. The molecule has 30 heavy (non-hydrogen) atoms. The summed E-state index contributed by atoms with van der Waals surface area (Å²) in [5.41, 5.74) is 11.1. The Balaban J connectivity index is 1.65. The number of imidazole rings is 1. The fourth-order valence-electron chi connectivity index (χ4n) is 3.77. The van der Waals surface area contributed by atoms with Crippen molar-refractivity contribution >= 4 is 10.9 Å². The van der Waals surface area contributed by atoms with Gasteiger partial charge in [0.15, 0.2) is 5.82 Å². The van der Waals surface area contributed by atoms with Crippen molar-refractivity contribution in [2.24, 2.45) is 5.73 Å². The minimum atomic E-state index is -0.290. The van der Waals surface area contributed by atoms with E-state index in [4.69, 9.17) is 5.73 Å². The molecule has 3 aromatic carbocycles. The molecule has 0 radical (unpaired) electrons. The fourth-order valence-corrected chi connectivity index (χ4v) is 3.77. The number of benzene rings is 3. The Labute approximate surface area is 173 Å². The van der Waals surface area contributed by atoms with E-state index in [0.717, 1.165) is 33.6 Å². The van der Waals surface area contributed by atoms with Gasteiger partial charge >= 0.3 is 0 Å². The number of nitrogens with zero attached hydrogens (tertiary/aromatic N) is 4. The lowest BCUT2D eigenvalue weighted by Crippen LogP contribution is -2.02. The van der Waals surface area contributed by atoms with E-state index in [2.05, 4.69) is 10.1 Å². The molecule has 0 amide bonds. The molecule has 0 fully saturated rings. The monoisotopic (exact) mass is 397 g/mol. The quantitative estimate of drug-likeness (QED) is 0.475. The average molecular weight is 397 g/mol. The summed E-state index contributed by atoms with van der Waals surface area (Å²) in [6.45, 7) is 2.31. The zero-order valence-electron chi connectivity index (χ0n) is 16.5. The van der Waals surface area contributed by atoms with Gasteiger partial charge in [-0.25, -0.2) is 14.1 Å². The van der Waals surface area contributed by atoms with Crippen LogP contribution in [0.4, 0.5) is 4.39 Å². The van der Waals surface area contributed by atoms with E-state index in [-0.39, 0.29) is 5.82 Å². The van der Waals surface area contributed by atoms with Gasteiger partial charge in [0.2, 0.25) is 0 Å². The van der Waals surface area contributed by atoms with Crippen molar-refractivity contribution in [2.75, 3.05) is 0 Å². The average Bonchev–Trinajstić information content (AvgIpc) is 3.43. The summed E-state index contributed by atoms with van der Waals surface area (Å²) in [5.74, 6) is -0.290. The van der Waals surface area contributed by atoms with Crippen molar-refractivity contribution in [3.8, 4) is 22.5 Å². The topological polar surface area (TPSA) is 61.7 Å². The summed E-state index contributed by atoms with van der Waals surface area (Å²) in [5, 5.41) is 5.40. The first-order chi connectivity index (χ1) is 14.7. The van der Waals surface area contributed by atoms with Crippen molar-refractivity contribution < 1.29 is 4.39 Å². The molecule has 0 bridgehead atoms. The van der Waals surface area contributed by atoms with Crippen molar-refractivity contribution in [3.63, 3.8) is 0 Å². The molecule has 0 saturated carbocycles. The highest BCUT2D eigenvalue weighted by molar-refractivity contribution is 5.89. The van der Waals surface area contributed by atoms with E-state index in [9.17, 15) is 0 Å². The van der Waals surface area contributed by atoms with Gasteiger partial charge in [0.1, 0.15) is 5.52 Å². The van der Waals surface area contributed by atoms with Crippen LogP contribution in [0.3, 0.4) is 0 Å². The predicted octanol–water partition coefficient (Wildman–Crippen LogP) is 4.78. The Morgan fingerprint density at radius 2 is 1.83 bits per heavy atom. The van der Waals surface area contributed by atoms with Gasteiger partial charge in [-0.2, -0.15) is 5.10 Å². The van der Waals surface area contributed by atoms with E-state index >= 15 is 4.39 Å². The van der Waals surface area contributed by atoms with Gasteiger partial charge in [0.05, 0.1) is 17.7 Å². The van der Waals surface area contributed by atoms with Gasteiger partial charge in [0.25, 0.3) is 0 Å². The first-order valence-corrected chi connectivity index (χ1v) is 9.71. The molecular formula is C24H20FN5. The van der Waals surface area contributed by atoms with Crippen molar-refractivity contribution in [2.45, 2.75) is 13.5 Å². The Bertz CT molecular complexity index is 1330. The summed E-state index contributed by atoms with van der Waals surface area (Å²) < 4.78 is 19.3. The number of halogens is 1. The zero-order valence-corrected chi connectivity index (χ0v) is 16.5. The minimum absolute atomic E-state index is 0.290. The van der Waals surface area contributed by atoms with Crippen LogP contribution in [-0.2, 0) is 6.54 Å². The van der Waals surface area contributed by atoms with Crippen LogP contribution in [-0.4, -0.2) is 19.3 Å². The number of aryl methyl sites for hydroxylation is 1. The number of hydrogen-bond donors (Lipinski definition) is 1. The van der Waals surface area contributed by atoms with Crippen molar-refractivity contribution in [1.82, 2.24) is 19.3 Å². The molecule has 0 aliphatic heterocycles. The van der Waals surface area contributed by atoms with Crippen LogP contribution in [0, 0.1) is 12.7 Å². The van der Waals surface area contributed by atoms with Gasteiger partial charge in [-0.1, -0.05) is 36.4 Å². The summed E-state index contributed by atoms with van der Waals surface area (Å²) in [6.07, 6.45) is 5.33. The number of aromatic nitrogens is 4. The second-order valence-corrected chi connectivity index (χ2v) is 7.21. The molecule has 5 rings (SSSR count). The molecule has 0 aliphatic rings. The molecule has 0 aliphatic carbocycles. The Hall–Kier alpha value is -3.77. The minimum Gasteiger partial charge on any atom is -0.326 e. The molecule has 2 aromatic heterocycles. The molecule has 0 saturated heterocycles. The zero-order chi connectivity index (χ0) is 20.7. The van der Waals surface area contributed by atoms with Crippen molar-refractivity contribution in [3.05, 3.63) is 96.5 Å². The smallest absolute Gasteiger partial charge is 0.157 e. The van der Waals surface area contributed by atoms with E-state index in [0.29, 0.717) is 17.6 Å². The standard InChI is InChI=1S/C24H20FN5/c1-16-21-9-10-22(18-5-7-19(8-6-18)29-12-11-27-15-29)23(25)24(21)30(28-16)20-4-2-3-17(13-20)14-26/h2-13,15H,14,26H2,1H3. The van der Waals surface area contributed by atoms with E-state index in [1.54, 1.807) is 17.2 Å². The van der Waals surface area contributed by atoms with Crippen LogP contribution in [0.25, 0.3) is 33.4 Å². The second-order valence-electron chi connectivity index (χ2n) is 7.21. The Kier molecular flexibility index (Phi) is 4.41. The van der Waals surface area contributed by atoms with Gasteiger partial charge < -0.3 is 10.3 Å². The van der Waals surface area contributed by atoms with Gasteiger partial charge in [-0.3, -0.25) is 0 Å². The molecule has 2 N–H and O–H groups in total. The molecule has 148 valence electrons. The highest BCUT2D eigenvalue weighted by Gasteiger charge is 2.18. The van der Waals surface area contributed by atoms with Crippen LogP contribution in [0.15, 0.2) is 79.4 Å². The molecule has 5 nitrogen and oxygen atoms in total. The highest BCUT2D eigenvalue weighted by atomic mass is 19.1. The number of rotatable bonds is 4. The molecule has 6 heteroatoms. The number of nitrogens with two attached hydrogens (primary N) is 1. The van der Waals surface area contributed by atoms with E-state index in [1.807, 2.05) is 78.4 Å². The largest absolute Gasteiger partial charge is 0.326 e. The summed E-state index contributed by atoms with van der Waals surface area (Å²) in [6, 6.07) is 19.2. The van der Waals surface area contributed by atoms with Crippen LogP contribution < -0.4 is 5.73 Å². The lowest BCUT2D eigenvalue weighted by molar-refractivity contribution is 0.635. The summed E-state index contributed by atoms with van der Waals surface area (Å²) >= 11 is 0. The highest BCUT2D eigenvalue weighted by Crippen LogP contribution is 2.32. The summed E-state index contributed by atoms with van der Waals surface area (Å²) in [4.78, 5) is 4.07. The second kappa shape index (κ2) is 7.24. The lowest BCUT2D eigenvalue weighted by Gasteiger charge is -2.10. The molecule has 2 heterocycles. The predicted molar refractivity (Wildman–Crippen MR) is 116 cm³/mol. The van der Waals surface area contributed by atoms with Gasteiger partial charge in [-0.05, 0) is 42.3 Å². The lowest BCUT2D eigenvalue weighted by atomic mass is 10.0. The van der Waals surface area contributed by atoms with Crippen molar-refractivity contribution in [1.29, 1.82) is 0 Å².